The molecule has 0 saturated carbocycles. The Kier molecular flexibility index (Phi) is 7.65. The highest BCUT2D eigenvalue weighted by molar-refractivity contribution is 7.99. The fourth-order valence-corrected chi connectivity index (χ4v) is 4.28. The minimum atomic E-state index is -0.211. The normalized spacial score (nSPS) is 10.7. The van der Waals surface area contributed by atoms with Crippen molar-refractivity contribution in [1.82, 2.24) is 25.4 Å². The molecule has 4 aromatic rings. The molecule has 0 atom stereocenters. The molecule has 2 aromatic heterocycles. The van der Waals surface area contributed by atoms with Crippen molar-refractivity contribution in [3.05, 3.63) is 53.5 Å². The predicted molar refractivity (Wildman–Crippen MR) is 132 cm³/mol. The van der Waals surface area contributed by atoms with Crippen molar-refractivity contribution in [2.24, 2.45) is 0 Å². The molecule has 0 radical (unpaired) electrons. The Morgan fingerprint density at radius 1 is 0.882 bits per heavy atom. The van der Waals surface area contributed by atoms with Gasteiger partial charge in [0.15, 0.2) is 0 Å². The van der Waals surface area contributed by atoms with E-state index in [-0.39, 0.29) is 11.7 Å². The zero-order valence-corrected chi connectivity index (χ0v) is 20.4. The van der Waals surface area contributed by atoms with Crippen LogP contribution in [0.4, 0.5) is 5.13 Å². The third-order valence-electron chi connectivity index (χ3n) is 4.74. The lowest BCUT2D eigenvalue weighted by atomic mass is 10.0. The monoisotopic (exact) mass is 494 g/mol. The number of ether oxygens (including phenoxy) is 2. The van der Waals surface area contributed by atoms with E-state index in [4.69, 9.17) is 14.5 Å². The van der Waals surface area contributed by atoms with E-state index in [0.29, 0.717) is 21.7 Å². The standard InChI is InChI=1S/C23H22N6O3S2/c1-4-19-26-29-23(34-19)24-18(30)13-33-22-25-20(14-5-9-16(31-2)10-6-14)21(27-28-22)15-7-11-17(32-3)12-8-15/h5-12H,4,13H2,1-3H3,(H,24,29,30). The summed E-state index contributed by atoms with van der Waals surface area (Å²) < 4.78 is 10.5. The number of rotatable bonds is 9. The van der Waals surface area contributed by atoms with Gasteiger partial charge in [0.2, 0.25) is 16.2 Å². The molecule has 1 amide bonds. The number of nitrogens with one attached hydrogen (secondary N) is 1. The second kappa shape index (κ2) is 11.0. The van der Waals surface area contributed by atoms with Gasteiger partial charge in [0.05, 0.1) is 20.0 Å². The first-order chi connectivity index (χ1) is 16.6. The molecule has 0 aliphatic heterocycles. The Morgan fingerprint density at radius 2 is 1.50 bits per heavy atom. The number of hydrogen-bond donors (Lipinski definition) is 1. The lowest BCUT2D eigenvalue weighted by molar-refractivity contribution is -0.113. The first kappa shape index (κ1) is 23.6. The minimum absolute atomic E-state index is 0.118. The van der Waals surface area contributed by atoms with Crippen LogP contribution in [0.2, 0.25) is 0 Å². The third kappa shape index (κ3) is 5.67. The zero-order chi connectivity index (χ0) is 23.9. The number of hydrogen-bond acceptors (Lipinski definition) is 10. The van der Waals surface area contributed by atoms with E-state index in [1.54, 1.807) is 14.2 Å². The van der Waals surface area contributed by atoms with Crippen molar-refractivity contribution in [3.63, 3.8) is 0 Å². The summed E-state index contributed by atoms with van der Waals surface area (Å²) in [6.07, 6.45) is 0.774. The van der Waals surface area contributed by atoms with E-state index in [0.717, 1.165) is 34.1 Å². The quantitative estimate of drug-likeness (QED) is 0.339. The van der Waals surface area contributed by atoms with Crippen LogP contribution in [0.25, 0.3) is 22.5 Å². The zero-order valence-electron chi connectivity index (χ0n) is 18.8. The number of methoxy groups -OCH3 is 2. The first-order valence-corrected chi connectivity index (χ1v) is 12.2. The molecule has 0 fully saturated rings. The predicted octanol–water partition coefficient (Wildman–Crippen LogP) is 4.37. The lowest BCUT2D eigenvalue weighted by Gasteiger charge is -2.10. The number of anilines is 1. The largest absolute Gasteiger partial charge is 0.497 e. The molecular formula is C23H22N6O3S2. The summed E-state index contributed by atoms with van der Waals surface area (Å²) in [5, 5.41) is 21.2. The lowest BCUT2D eigenvalue weighted by Crippen LogP contribution is -2.14. The van der Waals surface area contributed by atoms with Gasteiger partial charge in [0, 0.05) is 11.1 Å². The van der Waals surface area contributed by atoms with Gasteiger partial charge < -0.3 is 9.47 Å². The van der Waals surface area contributed by atoms with E-state index in [2.05, 4.69) is 25.7 Å². The van der Waals surface area contributed by atoms with Gasteiger partial charge in [-0.1, -0.05) is 30.0 Å². The minimum Gasteiger partial charge on any atom is -0.497 e. The second-order valence-corrected chi connectivity index (χ2v) is 8.94. The fourth-order valence-electron chi connectivity index (χ4n) is 3.00. The molecule has 0 saturated heterocycles. The molecule has 0 aliphatic carbocycles. The highest BCUT2D eigenvalue weighted by Gasteiger charge is 2.16. The third-order valence-corrected chi connectivity index (χ3v) is 6.56. The molecule has 4 rings (SSSR count). The smallest absolute Gasteiger partial charge is 0.236 e. The molecule has 9 nitrogen and oxygen atoms in total. The van der Waals surface area contributed by atoms with Crippen LogP contribution in [0.15, 0.2) is 53.7 Å². The van der Waals surface area contributed by atoms with Gasteiger partial charge in [0.1, 0.15) is 27.9 Å². The van der Waals surface area contributed by atoms with E-state index in [1.165, 1.54) is 23.1 Å². The first-order valence-electron chi connectivity index (χ1n) is 10.4. The second-order valence-electron chi connectivity index (χ2n) is 6.94. The number of benzene rings is 2. The van der Waals surface area contributed by atoms with E-state index >= 15 is 0 Å². The molecular weight excluding hydrogens is 472 g/mol. The number of carbonyl (C=O) groups excluding carboxylic acids is 1. The maximum absolute atomic E-state index is 12.4. The average molecular weight is 495 g/mol. The molecule has 2 heterocycles. The average Bonchev–Trinajstić information content (AvgIpc) is 3.35. The SMILES string of the molecule is CCc1nnc(NC(=O)CSc2nnc(-c3ccc(OC)cc3)c(-c3ccc(OC)cc3)n2)s1. The van der Waals surface area contributed by atoms with Crippen molar-refractivity contribution < 1.29 is 14.3 Å². The van der Waals surface area contributed by atoms with Crippen molar-refractivity contribution in [2.45, 2.75) is 18.5 Å². The van der Waals surface area contributed by atoms with Gasteiger partial charge in [-0.2, -0.15) is 0 Å². The molecule has 0 aliphatic rings. The summed E-state index contributed by atoms with van der Waals surface area (Å²) in [6, 6.07) is 15.1. The number of thioether (sulfide) groups is 1. The van der Waals surface area contributed by atoms with Crippen LogP contribution in [-0.4, -0.2) is 51.3 Å². The van der Waals surface area contributed by atoms with Crippen LogP contribution in [0, 0.1) is 0 Å². The number of amides is 1. The topological polar surface area (TPSA) is 112 Å². The van der Waals surface area contributed by atoms with Crippen molar-refractivity contribution in [1.29, 1.82) is 0 Å². The molecule has 2 aromatic carbocycles. The molecule has 0 unspecified atom stereocenters. The Hall–Kier alpha value is -3.57. The number of aryl methyl sites for hydroxylation is 1. The van der Waals surface area contributed by atoms with Gasteiger partial charge in [-0.05, 0) is 55.0 Å². The van der Waals surface area contributed by atoms with Crippen LogP contribution in [0.1, 0.15) is 11.9 Å². The van der Waals surface area contributed by atoms with Crippen LogP contribution in [-0.2, 0) is 11.2 Å². The van der Waals surface area contributed by atoms with Crippen LogP contribution < -0.4 is 14.8 Å². The summed E-state index contributed by atoms with van der Waals surface area (Å²) in [6.45, 7) is 1.99. The molecule has 174 valence electrons. The van der Waals surface area contributed by atoms with Crippen LogP contribution in [0.3, 0.4) is 0 Å². The highest BCUT2D eigenvalue weighted by Crippen LogP contribution is 2.32. The van der Waals surface area contributed by atoms with E-state index in [1.807, 2.05) is 55.5 Å². The molecule has 34 heavy (non-hydrogen) atoms. The Labute approximate surface area is 205 Å². The maximum atomic E-state index is 12.4. The molecule has 0 spiro atoms. The molecule has 0 bridgehead atoms. The van der Waals surface area contributed by atoms with Crippen molar-refractivity contribution >= 4 is 34.1 Å². The summed E-state index contributed by atoms with van der Waals surface area (Å²) in [7, 11) is 3.24. The van der Waals surface area contributed by atoms with Gasteiger partial charge in [-0.15, -0.1) is 20.4 Å². The van der Waals surface area contributed by atoms with E-state index in [9.17, 15) is 4.79 Å². The van der Waals surface area contributed by atoms with Gasteiger partial charge in [-0.3, -0.25) is 10.1 Å². The number of aromatic nitrogens is 5. The van der Waals surface area contributed by atoms with Crippen LogP contribution in [0.5, 0.6) is 11.5 Å². The Bertz CT molecular complexity index is 1260. The number of nitrogens with zero attached hydrogens (tertiary/aromatic N) is 5. The molecule has 1 N–H and O–H groups in total. The Balaban J connectivity index is 1.57. The Morgan fingerprint density at radius 3 is 2.06 bits per heavy atom. The summed E-state index contributed by atoms with van der Waals surface area (Å²) in [5.74, 6) is 1.39. The van der Waals surface area contributed by atoms with Crippen molar-refractivity contribution in [3.8, 4) is 34.0 Å². The molecule has 11 heteroatoms. The summed E-state index contributed by atoms with van der Waals surface area (Å²) in [5.41, 5.74) is 2.99. The highest BCUT2D eigenvalue weighted by atomic mass is 32.2. The van der Waals surface area contributed by atoms with Crippen LogP contribution >= 0.6 is 23.1 Å². The van der Waals surface area contributed by atoms with Gasteiger partial charge in [-0.25, -0.2) is 4.98 Å². The van der Waals surface area contributed by atoms with Gasteiger partial charge >= 0.3 is 0 Å². The van der Waals surface area contributed by atoms with E-state index < -0.39 is 0 Å². The maximum Gasteiger partial charge on any atom is 0.236 e. The van der Waals surface area contributed by atoms with Crippen molar-refractivity contribution in [2.75, 3.05) is 25.3 Å². The van der Waals surface area contributed by atoms with Gasteiger partial charge in [0.25, 0.3) is 0 Å². The summed E-state index contributed by atoms with van der Waals surface area (Å²) in [4.78, 5) is 17.1. The fraction of sp³-hybridized carbons (Fsp3) is 0.217. The number of carbonyl (C=O) groups is 1. The summed E-state index contributed by atoms with van der Waals surface area (Å²) >= 11 is 2.56.